The predicted octanol–water partition coefficient (Wildman–Crippen LogP) is 1.75. The lowest BCUT2D eigenvalue weighted by Crippen LogP contribution is -1.96. The van der Waals surface area contributed by atoms with Gasteiger partial charge in [-0.05, 0) is 0 Å². The van der Waals surface area contributed by atoms with E-state index in [2.05, 4.69) is 0 Å². The normalized spacial score (nSPS) is 12.7. The number of rotatable bonds is 2. The summed E-state index contributed by atoms with van der Waals surface area (Å²) in [5.41, 5.74) is 0. The molecule has 0 aromatic rings. The monoisotopic (exact) mass is 137 g/mol. The number of nitrogens with zero attached hydrogens (tertiary/aromatic N) is 1. The minimum atomic E-state index is -0.174. The highest BCUT2D eigenvalue weighted by molar-refractivity contribution is 6.28. The van der Waals surface area contributed by atoms with E-state index in [0.717, 1.165) is 0 Å². The van der Waals surface area contributed by atoms with Gasteiger partial charge in [-0.2, -0.15) is 5.26 Å². The average molecular weight is 138 g/mol. The van der Waals surface area contributed by atoms with E-state index in [0.29, 0.717) is 12.3 Å². The Bertz CT molecular complexity index is 76.2. The lowest BCUT2D eigenvalue weighted by molar-refractivity contribution is 0.986. The number of alkyl halides is 2. The summed E-state index contributed by atoms with van der Waals surface area (Å²) in [4.78, 5) is 0. The molecule has 40 valence electrons. The molecule has 0 aliphatic carbocycles. The van der Waals surface area contributed by atoms with Gasteiger partial charge >= 0.3 is 0 Å². The Morgan fingerprint density at radius 2 is 2.29 bits per heavy atom. The summed E-state index contributed by atoms with van der Waals surface area (Å²) in [6.07, 6.45) is 0.338. The molecule has 0 saturated heterocycles. The summed E-state index contributed by atoms with van der Waals surface area (Å²) in [5, 5.41) is 7.80. The summed E-state index contributed by atoms with van der Waals surface area (Å²) in [5.74, 6) is 0.356. The van der Waals surface area contributed by atoms with Crippen LogP contribution in [0.25, 0.3) is 0 Å². The van der Waals surface area contributed by atoms with Crippen LogP contribution in [0.15, 0.2) is 0 Å². The van der Waals surface area contributed by atoms with Crippen molar-refractivity contribution in [3.63, 3.8) is 0 Å². The third kappa shape index (κ3) is 3.91. The molecule has 1 atom stereocenters. The Morgan fingerprint density at radius 1 is 1.71 bits per heavy atom. The molecule has 3 heteroatoms. The SMILES string of the molecule is N#CC[C@H](Cl)CCl. The fourth-order valence-electron chi connectivity index (χ4n) is 0.154. The smallest absolute Gasteiger partial charge is 0.0637 e. The van der Waals surface area contributed by atoms with Crippen LogP contribution in [-0.2, 0) is 0 Å². The zero-order chi connectivity index (χ0) is 5.70. The molecule has 0 saturated carbocycles. The average Bonchev–Trinajstić information content (AvgIpc) is 1.68. The quantitative estimate of drug-likeness (QED) is 0.533. The van der Waals surface area contributed by atoms with Gasteiger partial charge in [0, 0.05) is 5.88 Å². The fraction of sp³-hybridized carbons (Fsp3) is 0.750. The molecule has 0 fully saturated rings. The molecule has 0 radical (unpaired) electrons. The molecule has 0 bridgehead atoms. The van der Waals surface area contributed by atoms with Crippen LogP contribution < -0.4 is 0 Å². The van der Waals surface area contributed by atoms with Crippen molar-refractivity contribution in [2.45, 2.75) is 11.8 Å². The summed E-state index contributed by atoms with van der Waals surface area (Å²) in [6.45, 7) is 0. The van der Waals surface area contributed by atoms with E-state index in [1.165, 1.54) is 0 Å². The predicted molar refractivity (Wildman–Crippen MR) is 30.6 cm³/mol. The van der Waals surface area contributed by atoms with Crippen LogP contribution in [0.2, 0.25) is 0 Å². The van der Waals surface area contributed by atoms with Crippen molar-refractivity contribution in [3.05, 3.63) is 0 Å². The van der Waals surface area contributed by atoms with Gasteiger partial charge in [-0.1, -0.05) is 0 Å². The second-order valence-electron chi connectivity index (χ2n) is 1.11. The Hall–Kier alpha value is 0.0700. The van der Waals surface area contributed by atoms with Gasteiger partial charge in [0.1, 0.15) is 0 Å². The third-order valence-electron chi connectivity index (χ3n) is 0.480. The van der Waals surface area contributed by atoms with Gasteiger partial charge in [0.25, 0.3) is 0 Å². The van der Waals surface area contributed by atoms with Crippen molar-refractivity contribution in [1.29, 1.82) is 5.26 Å². The van der Waals surface area contributed by atoms with Crippen LogP contribution in [0.5, 0.6) is 0 Å². The number of halogens is 2. The van der Waals surface area contributed by atoms with Gasteiger partial charge in [0.15, 0.2) is 0 Å². The molecule has 0 N–H and O–H groups in total. The van der Waals surface area contributed by atoms with E-state index in [-0.39, 0.29) is 5.38 Å². The maximum Gasteiger partial charge on any atom is 0.0637 e. The van der Waals surface area contributed by atoms with Crippen molar-refractivity contribution in [3.8, 4) is 6.07 Å². The van der Waals surface area contributed by atoms with Crippen LogP contribution in [0.3, 0.4) is 0 Å². The van der Waals surface area contributed by atoms with Gasteiger partial charge in [0.2, 0.25) is 0 Å². The molecule has 0 heterocycles. The van der Waals surface area contributed by atoms with Gasteiger partial charge in [-0.3, -0.25) is 0 Å². The van der Waals surface area contributed by atoms with Crippen LogP contribution in [0, 0.1) is 11.3 Å². The molecule has 1 nitrogen and oxygen atoms in total. The van der Waals surface area contributed by atoms with Gasteiger partial charge in [-0.15, -0.1) is 23.2 Å². The molecule has 0 aliphatic heterocycles. The lowest BCUT2D eigenvalue weighted by Gasteiger charge is -1.92. The van der Waals surface area contributed by atoms with Crippen LogP contribution in [0.4, 0.5) is 0 Å². The molecule has 0 spiro atoms. The highest BCUT2D eigenvalue weighted by Crippen LogP contribution is 2.01. The molecular formula is C4H5Cl2N. The zero-order valence-electron chi connectivity index (χ0n) is 3.69. The lowest BCUT2D eigenvalue weighted by atomic mass is 10.4. The van der Waals surface area contributed by atoms with Gasteiger partial charge in [-0.25, -0.2) is 0 Å². The third-order valence-corrected chi connectivity index (χ3v) is 1.32. The summed E-state index contributed by atoms with van der Waals surface area (Å²) in [6, 6.07) is 1.90. The van der Waals surface area contributed by atoms with Gasteiger partial charge in [0.05, 0.1) is 17.9 Å². The largest absolute Gasteiger partial charge is 0.198 e. The van der Waals surface area contributed by atoms with E-state index in [4.69, 9.17) is 28.5 Å². The van der Waals surface area contributed by atoms with Crippen molar-refractivity contribution in [2.24, 2.45) is 0 Å². The van der Waals surface area contributed by atoms with Crippen LogP contribution in [0.1, 0.15) is 6.42 Å². The van der Waals surface area contributed by atoms with Crippen molar-refractivity contribution >= 4 is 23.2 Å². The molecule has 0 amide bonds. The van der Waals surface area contributed by atoms with Gasteiger partial charge < -0.3 is 0 Å². The van der Waals surface area contributed by atoms with Crippen molar-refractivity contribution in [2.75, 3.05) is 5.88 Å². The van der Waals surface area contributed by atoms with Crippen molar-refractivity contribution < 1.29 is 0 Å². The highest BCUT2D eigenvalue weighted by Gasteiger charge is 1.97. The maximum atomic E-state index is 7.97. The molecule has 7 heavy (non-hydrogen) atoms. The molecule has 0 rings (SSSR count). The molecular weight excluding hydrogens is 133 g/mol. The maximum absolute atomic E-state index is 7.97. The first-order valence-electron chi connectivity index (χ1n) is 1.88. The second kappa shape index (κ2) is 4.23. The van der Waals surface area contributed by atoms with Crippen LogP contribution in [-0.4, -0.2) is 11.3 Å². The zero-order valence-corrected chi connectivity index (χ0v) is 5.21. The summed E-state index contributed by atoms with van der Waals surface area (Å²) in [7, 11) is 0. The van der Waals surface area contributed by atoms with E-state index in [1.807, 2.05) is 6.07 Å². The van der Waals surface area contributed by atoms with E-state index in [9.17, 15) is 0 Å². The van der Waals surface area contributed by atoms with E-state index in [1.54, 1.807) is 0 Å². The number of hydrogen-bond donors (Lipinski definition) is 0. The topological polar surface area (TPSA) is 23.8 Å². The van der Waals surface area contributed by atoms with E-state index < -0.39 is 0 Å². The number of nitriles is 1. The number of hydrogen-bond acceptors (Lipinski definition) is 1. The van der Waals surface area contributed by atoms with Crippen LogP contribution >= 0.6 is 23.2 Å². The summed E-state index contributed by atoms with van der Waals surface area (Å²) < 4.78 is 0. The fourth-order valence-corrected chi connectivity index (χ4v) is 0.332. The Balaban J connectivity index is 3.03. The Kier molecular flexibility index (Phi) is 4.28. The van der Waals surface area contributed by atoms with Crippen molar-refractivity contribution in [1.82, 2.24) is 0 Å². The first kappa shape index (κ1) is 7.07. The Labute approximate surface area is 52.8 Å². The second-order valence-corrected chi connectivity index (χ2v) is 2.04. The standard InChI is InChI=1S/C4H5Cl2N/c5-3-4(6)1-2-7/h4H,1,3H2/t4-/m0/s1. The minimum absolute atomic E-state index is 0.174. The highest BCUT2D eigenvalue weighted by atomic mass is 35.5. The molecule has 0 aromatic heterocycles. The summed E-state index contributed by atoms with van der Waals surface area (Å²) >= 11 is 10.7. The van der Waals surface area contributed by atoms with E-state index >= 15 is 0 Å². The molecule has 0 aromatic carbocycles. The first-order valence-corrected chi connectivity index (χ1v) is 2.85. The first-order chi connectivity index (χ1) is 3.31. The minimum Gasteiger partial charge on any atom is -0.198 e. The molecule has 0 aliphatic rings. The Morgan fingerprint density at radius 3 is 2.43 bits per heavy atom. The molecule has 0 unspecified atom stereocenters.